The molecule has 1 heterocycles. The van der Waals surface area contributed by atoms with Crippen LogP contribution in [0.2, 0.25) is 0 Å². The van der Waals surface area contributed by atoms with Gasteiger partial charge in [-0.1, -0.05) is 33.1 Å². The standard InChI is InChI=1S/C15H23NO2/c1-11(2)14(15(17)18)16-10-6-9-13(16)12-7-4-3-5-8-12/h6,9-12,14H,3-5,7-8H2,1-2H3,(H,17,18)/t14-/m0/s1. The predicted octanol–water partition coefficient (Wildman–Crippen LogP) is 3.82. The van der Waals surface area contributed by atoms with Gasteiger partial charge < -0.3 is 9.67 Å². The molecule has 1 saturated carbocycles. The van der Waals surface area contributed by atoms with Gasteiger partial charge in [0.1, 0.15) is 6.04 Å². The first-order valence-electron chi connectivity index (χ1n) is 7.00. The van der Waals surface area contributed by atoms with Crippen LogP contribution in [0.1, 0.15) is 63.6 Å². The van der Waals surface area contributed by atoms with Crippen molar-refractivity contribution < 1.29 is 9.90 Å². The summed E-state index contributed by atoms with van der Waals surface area (Å²) in [5.74, 6) is -0.0650. The number of aromatic nitrogens is 1. The van der Waals surface area contributed by atoms with Gasteiger partial charge in [-0.25, -0.2) is 4.79 Å². The van der Waals surface area contributed by atoms with E-state index in [4.69, 9.17) is 0 Å². The summed E-state index contributed by atoms with van der Waals surface area (Å²) >= 11 is 0. The molecule has 0 spiro atoms. The van der Waals surface area contributed by atoms with E-state index in [-0.39, 0.29) is 5.92 Å². The lowest BCUT2D eigenvalue weighted by atomic mass is 9.86. The van der Waals surface area contributed by atoms with Crippen LogP contribution in [0.25, 0.3) is 0 Å². The van der Waals surface area contributed by atoms with Gasteiger partial charge >= 0.3 is 5.97 Å². The zero-order valence-electron chi connectivity index (χ0n) is 11.3. The van der Waals surface area contributed by atoms with E-state index < -0.39 is 12.0 Å². The highest BCUT2D eigenvalue weighted by molar-refractivity contribution is 5.72. The van der Waals surface area contributed by atoms with Crippen molar-refractivity contribution in [3.05, 3.63) is 24.0 Å². The van der Waals surface area contributed by atoms with Gasteiger partial charge in [0, 0.05) is 11.9 Å². The molecule has 1 aromatic heterocycles. The van der Waals surface area contributed by atoms with Crippen LogP contribution in [0.5, 0.6) is 0 Å². The second-order valence-electron chi connectivity index (χ2n) is 5.70. The van der Waals surface area contributed by atoms with Gasteiger partial charge in [-0.05, 0) is 36.8 Å². The SMILES string of the molecule is CC(C)[C@@H](C(=O)O)n1cccc1C1CCCCC1. The number of carboxylic acid groups (broad SMARTS) is 1. The highest BCUT2D eigenvalue weighted by Gasteiger charge is 2.27. The summed E-state index contributed by atoms with van der Waals surface area (Å²) in [6.07, 6.45) is 8.21. The minimum absolute atomic E-state index is 0.109. The Morgan fingerprint density at radius 3 is 2.56 bits per heavy atom. The second kappa shape index (κ2) is 5.59. The molecular weight excluding hydrogens is 226 g/mol. The van der Waals surface area contributed by atoms with E-state index in [1.807, 2.05) is 30.7 Å². The van der Waals surface area contributed by atoms with Crippen molar-refractivity contribution >= 4 is 5.97 Å². The molecular formula is C15H23NO2. The molecule has 1 fully saturated rings. The quantitative estimate of drug-likeness (QED) is 0.881. The topological polar surface area (TPSA) is 42.2 Å². The van der Waals surface area contributed by atoms with E-state index in [1.54, 1.807) is 0 Å². The number of aliphatic carboxylic acids is 1. The van der Waals surface area contributed by atoms with Gasteiger partial charge in [0.05, 0.1) is 0 Å². The van der Waals surface area contributed by atoms with Gasteiger partial charge in [0.15, 0.2) is 0 Å². The maximum atomic E-state index is 11.5. The number of hydrogen-bond acceptors (Lipinski definition) is 1. The minimum Gasteiger partial charge on any atom is -0.480 e. The molecule has 100 valence electrons. The number of carbonyl (C=O) groups is 1. The maximum absolute atomic E-state index is 11.5. The third kappa shape index (κ3) is 2.60. The highest BCUT2D eigenvalue weighted by atomic mass is 16.4. The molecule has 0 aromatic carbocycles. The van der Waals surface area contributed by atoms with Crippen molar-refractivity contribution in [2.24, 2.45) is 5.92 Å². The Kier molecular flexibility index (Phi) is 4.10. The van der Waals surface area contributed by atoms with Gasteiger partial charge in [0.2, 0.25) is 0 Å². The number of rotatable bonds is 4. The summed E-state index contributed by atoms with van der Waals surface area (Å²) in [7, 11) is 0. The van der Waals surface area contributed by atoms with E-state index >= 15 is 0 Å². The Morgan fingerprint density at radius 1 is 1.33 bits per heavy atom. The number of nitrogens with zero attached hydrogens (tertiary/aromatic N) is 1. The van der Waals surface area contributed by atoms with E-state index in [0.29, 0.717) is 5.92 Å². The lowest BCUT2D eigenvalue weighted by Crippen LogP contribution is -2.26. The molecule has 1 aromatic rings. The summed E-state index contributed by atoms with van der Waals surface area (Å²) in [6.45, 7) is 3.95. The number of hydrogen-bond donors (Lipinski definition) is 1. The maximum Gasteiger partial charge on any atom is 0.326 e. The zero-order chi connectivity index (χ0) is 13.1. The van der Waals surface area contributed by atoms with E-state index in [0.717, 1.165) is 0 Å². The van der Waals surface area contributed by atoms with E-state index in [9.17, 15) is 9.90 Å². The third-order valence-corrected chi connectivity index (χ3v) is 4.02. The van der Waals surface area contributed by atoms with Crippen molar-refractivity contribution in [1.82, 2.24) is 4.57 Å². The first kappa shape index (κ1) is 13.2. The van der Waals surface area contributed by atoms with Crippen LogP contribution < -0.4 is 0 Å². The monoisotopic (exact) mass is 249 g/mol. The summed E-state index contributed by atoms with van der Waals surface area (Å²) < 4.78 is 1.99. The first-order chi connectivity index (χ1) is 8.61. The van der Waals surface area contributed by atoms with Crippen LogP contribution in [0.4, 0.5) is 0 Å². The fraction of sp³-hybridized carbons (Fsp3) is 0.667. The van der Waals surface area contributed by atoms with Crippen molar-refractivity contribution in [1.29, 1.82) is 0 Å². The van der Waals surface area contributed by atoms with Gasteiger partial charge in [-0.2, -0.15) is 0 Å². The molecule has 1 aliphatic rings. The van der Waals surface area contributed by atoms with Crippen molar-refractivity contribution in [3.63, 3.8) is 0 Å². The van der Waals surface area contributed by atoms with E-state index in [2.05, 4.69) is 6.07 Å². The fourth-order valence-electron chi connectivity index (χ4n) is 3.13. The van der Waals surface area contributed by atoms with E-state index in [1.165, 1.54) is 37.8 Å². The van der Waals surface area contributed by atoms with Gasteiger partial charge in [0.25, 0.3) is 0 Å². The molecule has 0 aliphatic heterocycles. The predicted molar refractivity (Wildman–Crippen MR) is 71.8 cm³/mol. The Morgan fingerprint density at radius 2 is 2.00 bits per heavy atom. The van der Waals surface area contributed by atoms with Gasteiger partial charge in [-0.15, -0.1) is 0 Å². The zero-order valence-corrected chi connectivity index (χ0v) is 11.3. The van der Waals surface area contributed by atoms with Crippen molar-refractivity contribution in [2.75, 3.05) is 0 Å². The van der Waals surface area contributed by atoms with Crippen molar-refractivity contribution in [3.8, 4) is 0 Å². The molecule has 0 unspecified atom stereocenters. The molecule has 0 bridgehead atoms. The second-order valence-corrected chi connectivity index (χ2v) is 5.70. The van der Waals surface area contributed by atoms with Crippen LogP contribution in [0.15, 0.2) is 18.3 Å². The molecule has 3 nitrogen and oxygen atoms in total. The van der Waals surface area contributed by atoms with Crippen LogP contribution >= 0.6 is 0 Å². The molecule has 3 heteroatoms. The molecule has 18 heavy (non-hydrogen) atoms. The van der Waals surface area contributed by atoms with Gasteiger partial charge in [-0.3, -0.25) is 0 Å². The molecule has 0 saturated heterocycles. The van der Waals surface area contributed by atoms with Crippen LogP contribution in [0.3, 0.4) is 0 Å². The molecule has 0 amide bonds. The lowest BCUT2D eigenvalue weighted by molar-refractivity contribution is -0.142. The summed E-state index contributed by atoms with van der Waals surface area (Å²) in [4.78, 5) is 11.5. The fourth-order valence-corrected chi connectivity index (χ4v) is 3.13. The minimum atomic E-state index is -0.724. The molecule has 1 N–H and O–H groups in total. The normalized spacial score (nSPS) is 19.1. The summed E-state index contributed by atoms with van der Waals surface area (Å²) in [5.41, 5.74) is 1.22. The third-order valence-electron chi connectivity index (χ3n) is 4.02. The summed E-state index contributed by atoms with van der Waals surface area (Å²) in [6, 6.07) is 3.66. The van der Waals surface area contributed by atoms with Crippen LogP contribution in [-0.4, -0.2) is 15.6 Å². The Balaban J connectivity index is 2.27. The summed E-state index contributed by atoms with van der Waals surface area (Å²) in [5, 5.41) is 9.42. The Bertz CT molecular complexity index is 402. The lowest BCUT2D eigenvalue weighted by Gasteiger charge is -2.27. The van der Waals surface area contributed by atoms with Crippen LogP contribution in [-0.2, 0) is 4.79 Å². The van der Waals surface area contributed by atoms with Crippen molar-refractivity contribution in [2.45, 2.75) is 57.9 Å². The Hall–Kier alpha value is -1.25. The highest BCUT2D eigenvalue weighted by Crippen LogP contribution is 2.35. The average Bonchev–Trinajstić information content (AvgIpc) is 2.78. The Labute approximate surface area is 109 Å². The molecule has 0 radical (unpaired) electrons. The average molecular weight is 249 g/mol. The van der Waals surface area contributed by atoms with Crippen LogP contribution in [0, 0.1) is 5.92 Å². The first-order valence-corrected chi connectivity index (χ1v) is 7.00. The molecule has 1 aliphatic carbocycles. The number of carboxylic acids is 1. The smallest absolute Gasteiger partial charge is 0.326 e. The largest absolute Gasteiger partial charge is 0.480 e. The molecule has 2 rings (SSSR count). The molecule has 1 atom stereocenters.